The first kappa shape index (κ1) is 12.0. The Hall–Kier alpha value is -2.10. The molecule has 0 aliphatic heterocycles. The van der Waals surface area contributed by atoms with Gasteiger partial charge < -0.3 is 9.72 Å². The zero-order chi connectivity index (χ0) is 13.1. The smallest absolute Gasteiger partial charge is 0.254 e. The van der Waals surface area contributed by atoms with Crippen molar-refractivity contribution in [3.05, 3.63) is 57.8 Å². The first-order chi connectivity index (χ1) is 9.33. The van der Waals surface area contributed by atoms with Crippen LogP contribution in [0.1, 0.15) is 29.9 Å². The van der Waals surface area contributed by atoms with E-state index in [4.69, 9.17) is 4.74 Å². The summed E-state index contributed by atoms with van der Waals surface area (Å²) in [5.74, 6) is 1.39. The Kier molecular flexibility index (Phi) is 3.31. The van der Waals surface area contributed by atoms with Crippen LogP contribution in [-0.4, -0.2) is 9.97 Å². The average Bonchev–Trinajstić information content (AvgIpc) is 2.46. The molecule has 0 bridgehead atoms. The number of nitrogens with zero attached hydrogens (tertiary/aromatic N) is 1. The monoisotopic (exact) mass is 256 g/mol. The number of H-pyrrole nitrogens is 1. The van der Waals surface area contributed by atoms with Crippen LogP contribution in [0.3, 0.4) is 0 Å². The summed E-state index contributed by atoms with van der Waals surface area (Å²) in [7, 11) is 0. The van der Waals surface area contributed by atoms with Crippen molar-refractivity contribution in [2.45, 2.75) is 32.3 Å². The molecule has 0 saturated carbocycles. The molecule has 19 heavy (non-hydrogen) atoms. The van der Waals surface area contributed by atoms with Gasteiger partial charge in [0, 0.05) is 5.56 Å². The lowest BCUT2D eigenvalue weighted by Crippen LogP contribution is -2.23. The minimum Gasteiger partial charge on any atom is -0.486 e. The van der Waals surface area contributed by atoms with Crippen LogP contribution >= 0.6 is 0 Å². The number of aromatic amines is 1. The van der Waals surface area contributed by atoms with Gasteiger partial charge >= 0.3 is 0 Å². The SMILES string of the molecule is O=c1[nH]c(COc2ccccc2)nc2c1CCCC2. The largest absolute Gasteiger partial charge is 0.486 e. The van der Waals surface area contributed by atoms with Crippen molar-refractivity contribution in [2.24, 2.45) is 0 Å². The second-order valence-electron chi connectivity index (χ2n) is 4.75. The molecule has 0 saturated heterocycles. The van der Waals surface area contributed by atoms with Crippen LogP contribution in [-0.2, 0) is 19.4 Å². The predicted octanol–water partition coefficient (Wildman–Crippen LogP) is 2.23. The highest BCUT2D eigenvalue weighted by Gasteiger charge is 2.15. The van der Waals surface area contributed by atoms with Crippen LogP contribution in [0.15, 0.2) is 35.1 Å². The summed E-state index contributed by atoms with van der Waals surface area (Å²) in [4.78, 5) is 19.3. The maximum atomic E-state index is 11.9. The lowest BCUT2D eigenvalue weighted by molar-refractivity contribution is 0.294. The standard InChI is InChI=1S/C15H16N2O2/c18-15-12-8-4-5-9-13(12)16-14(17-15)10-19-11-6-2-1-3-7-11/h1-3,6-7H,4-5,8-10H2,(H,16,17,18). The van der Waals surface area contributed by atoms with Gasteiger partial charge in [-0.15, -0.1) is 0 Å². The number of rotatable bonds is 3. The van der Waals surface area contributed by atoms with Gasteiger partial charge in [-0.1, -0.05) is 18.2 Å². The number of aryl methyl sites for hydroxylation is 1. The predicted molar refractivity (Wildman–Crippen MR) is 72.3 cm³/mol. The minimum atomic E-state index is -0.00337. The van der Waals surface area contributed by atoms with Gasteiger partial charge in [0.2, 0.25) is 0 Å². The van der Waals surface area contributed by atoms with E-state index in [1.807, 2.05) is 30.3 Å². The molecule has 0 fully saturated rings. The molecule has 1 aromatic carbocycles. The Balaban J connectivity index is 1.78. The first-order valence-electron chi connectivity index (χ1n) is 6.62. The molecule has 1 aliphatic rings. The summed E-state index contributed by atoms with van der Waals surface area (Å²) in [6.45, 7) is 0.298. The van der Waals surface area contributed by atoms with Crippen molar-refractivity contribution in [1.82, 2.24) is 9.97 Å². The summed E-state index contributed by atoms with van der Waals surface area (Å²) >= 11 is 0. The Morgan fingerprint density at radius 1 is 1.16 bits per heavy atom. The molecule has 1 aromatic heterocycles. The van der Waals surface area contributed by atoms with Gasteiger partial charge in [-0.2, -0.15) is 0 Å². The third-order valence-electron chi connectivity index (χ3n) is 3.36. The van der Waals surface area contributed by atoms with E-state index in [0.29, 0.717) is 12.4 Å². The molecule has 0 unspecified atom stereocenters. The zero-order valence-electron chi connectivity index (χ0n) is 10.7. The molecule has 4 nitrogen and oxygen atoms in total. The summed E-state index contributed by atoms with van der Waals surface area (Å²) in [6, 6.07) is 9.54. The second-order valence-corrected chi connectivity index (χ2v) is 4.75. The number of benzene rings is 1. The van der Waals surface area contributed by atoms with Gasteiger partial charge in [0.1, 0.15) is 18.2 Å². The van der Waals surface area contributed by atoms with Gasteiger partial charge in [0.05, 0.1) is 5.69 Å². The lowest BCUT2D eigenvalue weighted by Gasteiger charge is -2.14. The molecule has 2 aromatic rings. The van der Waals surface area contributed by atoms with Gasteiger partial charge in [-0.3, -0.25) is 4.79 Å². The van der Waals surface area contributed by atoms with Crippen molar-refractivity contribution in [3.63, 3.8) is 0 Å². The van der Waals surface area contributed by atoms with E-state index in [1.165, 1.54) is 0 Å². The normalized spacial score (nSPS) is 13.9. The van der Waals surface area contributed by atoms with E-state index >= 15 is 0 Å². The summed E-state index contributed by atoms with van der Waals surface area (Å²) < 4.78 is 5.61. The molecule has 1 aliphatic carbocycles. The molecule has 0 radical (unpaired) electrons. The van der Waals surface area contributed by atoms with Crippen molar-refractivity contribution < 1.29 is 4.74 Å². The van der Waals surface area contributed by atoms with E-state index in [0.717, 1.165) is 42.7 Å². The molecule has 98 valence electrons. The van der Waals surface area contributed by atoms with Crippen molar-refractivity contribution in [3.8, 4) is 5.75 Å². The fourth-order valence-corrected chi connectivity index (χ4v) is 2.39. The number of aromatic nitrogens is 2. The summed E-state index contributed by atoms with van der Waals surface area (Å²) in [5, 5.41) is 0. The van der Waals surface area contributed by atoms with Crippen LogP contribution in [0.4, 0.5) is 0 Å². The highest BCUT2D eigenvalue weighted by molar-refractivity contribution is 5.22. The van der Waals surface area contributed by atoms with Gasteiger partial charge in [0.25, 0.3) is 5.56 Å². The molecule has 0 amide bonds. The van der Waals surface area contributed by atoms with Crippen molar-refractivity contribution in [1.29, 1.82) is 0 Å². The highest BCUT2D eigenvalue weighted by Crippen LogP contribution is 2.16. The van der Waals surface area contributed by atoms with E-state index in [2.05, 4.69) is 9.97 Å². The molecule has 0 spiro atoms. The average molecular weight is 256 g/mol. The number of ether oxygens (including phenoxy) is 1. The number of nitrogens with one attached hydrogen (secondary N) is 1. The number of hydrogen-bond acceptors (Lipinski definition) is 3. The molecule has 1 heterocycles. The number of fused-ring (bicyclic) bond motifs is 1. The van der Waals surface area contributed by atoms with Gasteiger partial charge in [-0.05, 0) is 37.8 Å². The molecule has 1 N–H and O–H groups in total. The highest BCUT2D eigenvalue weighted by atomic mass is 16.5. The zero-order valence-corrected chi connectivity index (χ0v) is 10.7. The Bertz CT molecular complexity index is 620. The van der Waals surface area contributed by atoms with Crippen LogP contribution in [0.5, 0.6) is 5.75 Å². The van der Waals surface area contributed by atoms with E-state index < -0.39 is 0 Å². The Morgan fingerprint density at radius 3 is 2.79 bits per heavy atom. The maximum Gasteiger partial charge on any atom is 0.254 e. The summed E-state index contributed by atoms with van der Waals surface area (Å²) in [5.41, 5.74) is 1.80. The van der Waals surface area contributed by atoms with E-state index in [-0.39, 0.29) is 5.56 Å². The fraction of sp³-hybridized carbons (Fsp3) is 0.333. The second kappa shape index (κ2) is 5.26. The van der Waals surface area contributed by atoms with Gasteiger partial charge in [-0.25, -0.2) is 4.98 Å². The van der Waals surface area contributed by atoms with Gasteiger partial charge in [0.15, 0.2) is 0 Å². The fourth-order valence-electron chi connectivity index (χ4n) is 2.39. The van der Waals surface area contributed by atoms with Crippen LogP contribution in [0.25, 0.3) is 0 Å². The third-order valence-corrected chi connectivity index (χ3v) is 3.36. The number of hydrogen-bond donors (Lipinski definition) is 1. The van der Waals surface area contributed by atoms with E-state index in [1.54, 1.807) is 0 Å². The molecule has 4 heteroatoms. The molecule has 3 rings (SSSR count). The van der Waals surface area contributed by atoms with Crippen molar-refractivity contribution in [2.75, 3.05) is 0 Å². The lowest BCUT2D eigenvalue weighted by atomic mass is 9.97. The Labute approximate surface area is 111 Å². The molecule has 0 atom stereocenters. The quantitative estimate of drug-likeness (QED) is 0.916. The van der Waals surface area contributed by atoms with E-state index in [9.17, 15) is 4.79 Å². The van der Waals surface area contributed by atoms with Crippen LogP contribution < -0.4 is 10.3 Å². The maximum absolute atomic E-state index is 11.9. The Morgan fingerprint density at radius 2 is 1.95 bits per heavy atom. The van der Waals surface area contributed by atoms with Crippen molar-refractivity contribution >= 4 is 0 Å². The number of para-hydroxylation sites is 1. The third kappa shape index (κ3) is 2.67. The first-order valence-corrected chi connectivity index (χ1v) is 6.62. The minimum absolute atomic E-state index is 0.00337. The van der Waals surface area contributed by atoms with Crippen LogP contribution in [0.2, 0.25) is 0 Å². The summed E-state index contributed by atoms with van der Waals surface area (Å²) in [6.07, 6.45) is 3.94. The molecular formula is C15H16N2O2. The topological polar surface area (TPSA) is 55.0 Å². The molecular weight excluding hydrogens is 240 g/mol. The van der Waals surface area contributed by atoms with Crippen LogP contribution in [0, 0.1) is 0 Å².